The first-order valence-electron chi connectivity index (χ1n) is 6.36. The van der Waals surface area contributed by atoms with E-state index < -0.39 is 6.10 Å². The van der Waals surface area contributed by atoms with Gasteiger partial charge in [0.15, 0.2) is 0 Å². The molecule has 0 aromatic heterocycles. The molecule has 0 saturated heterocycles. The molecule has 0 amide bonds. The summed E-state index contributed by atoms with van der Waals surface area (Å²) in [4.78, 5) is 12.5. The van der Waals surface area contributed by atoms with Crippen LogP contribution in [0.3, 0.4) is 0 Å². The number of ketones is 1. The van der Waals surface area contributed by atoms with E-state index in [2.05, 4.69) is 0 Å². The number of aliphatic hydroxyl groups excluding tert-OH is 1. The van der Waals surface area contributed by atoms with Crippen molar-refractivity contribution >= 4 is 36.8 Å². The fourth-order valence-corrected chi connectivity index (χ4v) is 5.00. The van der Waals surface area contributed by atoms with E-state index in [0.29, 0.717) is 5.02 Å². The number of hydrogen-bond donors (Lipinski definition) is 1. The Morgan fingerprint density at radius 1 is 1.15 bits per heavy atom. The van der Waals surface area contributed by atoms with Gasteiger partial charge in [-0.1, -0.05) is 0 Å². The molecule has 102 valence electrons. The Morgan fingerprint density at radius 2 is 1.85 bits per heavy atom. The monoisotopic (exact) mass is 352 g/mol. The molecule has 1 N–H and O–H groups in total. The zero-order valence-corrected chi connectivity index (χ0v) is 13.1. The molecule has 20 heavy (non-hydrogen) atoms. The van der Waals surface area contributed by atoms with Gasteiger partial charge < -0.3 is 0 Å². The van der Waals surface area contributed by atoms with Gasteiger partial charge in [0.2, 0.25) is 0 Å². The van der Waals surface area contributed by atoms with Gasteiger partial charge in [0.05, 0.1) is 0 Å². The van der Waals surface area contributed by atoms with Crippen LogP contribution in [0.4, 0.5) is 0 Å². The first-order chi connectivity index (χ1) is 9.66. The Labute approximate surface area is 128 Å². The Kier molecular flexibility index (Phi) is 3.95. The molecule has 2 aromatic rings. The summed E-state index contributed by atoms with van der Waals surface area (Å²) in [6, 6.07) is 14.8. The van der Waals surface area contributed by atoms with Crippen LogP contribution in [-0.4, -0.2) is 25.8 Å². The number of Topliss-reactive ketones (excluding diaryl/α,β-unsaturated/α-hetero) is 1. The van der Waals surface area contributed by atoms with Crippen LogP contribution in [0.2, 0.25) is 10.3 Å². The minimum atomic E-state index is -0.755. The van der Waals surface area contributed by atoms with E-state index in [4.69, 9.17) is 11.6 Å². The van der Waals surface area contributed by atoms with Crippen molar-refractivity contribution in [1.29, 1.82) is 0 Å². The quantitative estimate of drug-likeness (QED) is 0.845. The van der Waals surface area contributed by atoms with Crippen LogP contribution in [0.1, 0.15) is 22.0 Å². The minimum absolute atomic E-state index is 0.0520. The van der Waals surface area contributed by atoms with Gasteiger partial charge in [-0.2, -0.15) is 0 Å². The number of benzene rings is 2. The standard InChI is InChI=1S/C16H13ClO2Se/c17-11-7-5-10(6-8-11)15(18)13-9-20-14-4-2-1-3-12(14)16(13)19/h1-8,13,15,18H,9H2. The van der Waals surface area contributed by atoms with Crippen molar-refractivity contribution in [2.45, 2.75) is 11.4 Å². The SMILES string of the molecule is O=C1c2ccccc2[Se]CC1C(O)c1ccc(Cl)cc1. The Hall–Kier alpha value is -1.12. The van der Waals surface area contributed by atoms with E-state index >= 15 is 0 Å². The van der Waals surface area contributed by atoms with Crippen molar-refractivity contribution in [2.24, 2.45) is 5.92 Å². The molecule has 0 fully saturated rings. The van der Waals surface area contributed by atoms with Gasteiger partial charge >= 0.3 is 129 Å². The maximum atomic E-state index is 12.5. The van der Waals surface area contributed by atoms with Crippen LogP contribution in [0, 0.1) is 5.92 Å². The van der Waals surface area contributed by atoms with Gasteiger partial charge in [-0.3, -0.25) is 0 Å². The molecule has 0 saturated carbocycles. The zero-order valence-electron chi connectivity index (χ0n) is 10.6. The predicted molar refractivity (Wildman–Crippen MR) is 80.9 cm³/mol. The topological polar surface area (TPSA) is 37.3 Å². The number of hydrogen-bond acceptors (Lipinski definition) is 2. The third kappa shape index (κ3) is 2.55. The fourth-order valence-electron chi connectivity index (χ4n) is 2.38. The summed E-state index contributed by atoms with van der Waals surface area (Å²) < 4.78 is 1.14. The van der Waals surface area contributed by atoms with Gasteiger partial charge in [-0.15, -0.1) is 0 Å². The molecule has 2 unspecified atom stereocenters. The third-order valence-electron chi connectivity index (χ3n) is 3.50. The summed E-state index contributed by atoms with van der Waals surface area (Å²) in [5.74, 6) is -0.290. The zero-order chi connectivity index (χ0) is 14.1. The van der Waals surface area contributed by atoms with Crippen LogP contribution in [-0.2, 0) is 0 Å². The second-order valence-corrected chi connectivity index (χ2v) is 7.44. The molecule has 2 atom stereocenters. The van der Waals surface area contributed by atoms with E-state index in [9.17, 15) is 9.90 Å². The van der Waals surface area contributed by atoms with Crippen LogP contribution < -0.4 is 4.46 Å². The van der Waals surface area contributed by atoms with Gasteiger partial charge in [0.25, 0.3) is 0 Å². The van der Waals surface area contributed by atoms with Crippen LogP contribution >= 0.6 is 11.6 Å². The van der Waals surface area contributed by atoms with Crippen molar-refractivity contribution in [3.8, 4) is 0 Å². The van der Waals surface area contributed by atoms with Crippen molar-refractivity contribution in [3.63, 3.8) is 0 Å². The average molecular weight is 352 g/mol. The van der Waals surface area contributed by atoms with Crippen molar-refractivity contribution in [1.82, 2.24) is 0 Å². The summed E-state index contributed by atoms with van der Waals surface area (Å²) in [7, 11) is 0. The number of carbonyl (C=O) groups is 1. The first-order valence-corrected chi connectivity index (χ1v) is 8.81. The van der Waals surface area contributed by atoms with Crippen molar-refractivity contribution < 1.29 is 9.90 Å². The van der Waals surface area contributed by atoms with Gasteiger partial charge in [0, 0.05) is 0 Å². The Bertz CT molecular complexity index is 639. The predicted octanol–water partition coefficient (Wildman–Crippen LogP) is 2.63. The second-order valence-electron chi connectivity index (χ2n) is 4.77. The molecule has 1 aliphatic heterocycles. The Morgan fingerprint density at radius 3 is 2.60 bits per heavy atom. The molecule has 1 aliphatic rings. The molecule has 1 heterocycles. The van der Waals surface area contributed by atoms with E-state index in [0.717, 1.165) is 20.9 Å². The molecule has 2 nitrogen and oxygen atoms in total. The summed E-state index contributed by atoms with van der Waals surface area (Å²) in [5, 5.41) is 11.9. The summed E-state index contributed by atoms with van der Waals surface area (Å²) in [6.45, 7) is 0. The van der Waals surface area contributed by atoms with E-state index in [1.54, 1.807) is 24.3 Å². The van der Waals surface area contributed by atoms with Crippen LogP contribution in [0.5, 0.6) is 0 Å². The summed E-state index contributed by atoms with van der Waals surface area (Å²) in [5.41, 5.74) is 1.53. The average Bonchev–Trinajstić information content (AvgIpc) is 2.48. The number of halogens is 1. The van der Waals surface area contributed by atoms with E-state index in [1.165, 1.54) is 0 Å². The van der Waals surface area contributed by atoms with Gasteiger partial charge in [-0.05, 0) is 0 Å². The summed E-state index contributed by atoms with van der Waals surface area (Å²) in [6.07, 6.45) is -0.755. The molecule has 0 bridgehead atoms. The molecule has 2 aromatic carbocycles. The normalized spacial score (nSPS) is 19.5. The molecular weight excluding hydrogens is 339 g/mol. The first kappa shape index (κ1) is 13.8. The molecular formula is C16H13ClO2Se. The third-order valence-corrected chi connectivity index (χ3v) is 6.25. The van der Waals surface area contributed by atoms with Crippen molar-refractivity contribution in [2.75, 3.05) is 0 Å². The van der Waals surface area contributed by atoms with Crippen LogP contribution in [0.15, 0.2) is 48.5 Å². The Balaban J connectivity index is 1.89. The second kappa shape index (κ2) is 5.71. The van der Waals surface area contributed by atoms with E-state index in [1.807, 2.05) is 24.3 Å². The van der Waals surface area contributed by atoms with Gasteiger partial charge in [-0.25, -0.2) is 0 Å². The number of fused-ring (bicyclic) bond motifs is 1. The number of aliphatic hydroxyl groups is 1. The van der Waals surface area contributed by atoms with Gasteiger partial charge in [0.1, 0.15) is 0 Å². The number of carbonyl (C=O) groups excluding carboxylic acids is 1. The number of rotatable bonds is 2. The fraction of sp³-hybridized carbons (Fsp3) is 0.188. The van der Waals surface area contributed by atoms with Crippen molar-refractivity contribution in [3.05, 3.63) is 64.7 Å². The summed E-state index contributed by atoms with van der Waals surface area (Å²) >= 11 is 6.09. The van der Waals surface area contributed by atoms with Crippen LogP contribution in [0.25, 0.3) is 0 Å². The molecule has 0 spiro atoms. The van der Waals surface area contributed by atoms with E-state index in [-0.39, 0.29) is 26.7 Å². The molecule has 0 aliphatic carbocycles. The maximum absolute atomic E-state index is 12.5. The molecule has 3 rings (SSSR count). The molecule has 4 heteroatoms. The molecule has 0 radical (unpaired) electrons.